The van der Waals surface area contributed by atoms with Gasteiger partial charge in [0.05, 0.1) is 0 Å². The summed E-state index contributed by atoms with van der Waals surface area (Å²) in [6.07, 6.45) is 1.49. The Morgan fingerprint density at radius 2 is 1.90 bits per heavy atom. The standard InChI is InChI=1S/C7H10O3/c8-4-3-7(1-2-7)6(10)5(4)9/h4,8-10H,1-3H2. The van der Waals surface area contributed by atoms with Crippen LogP contribution < -0.4 is 0 Å². The third kappa shape index (κ3) is 0.534. The van der Waals surface area contributed by atoms with Crippen LogP contribution in [0.5, 0.6) is 0 Å². The van der Waals surface area contributed by atoms with Gasteiger partial charge >= 0.3 is 0 Å². The highest BCUT2D eigenvalue weighted by Crippen LogP contribution is 2.59. The Bertz CT molecular complexity index is 203. The molecule has 2 rings (SSSR count). The summed E-state index contributed by atoms with van der Waals surface area (Å²) in [5.74, 6) is -0.183. The molecule has 0 amide bonds. The summed E-state index contributed by atoms with van der Waals surface area (Å²) in [6, 6.07) is 0. The second-order valence-electron chi connectivity index (χ2n) is 3.23. The van der Waals surface area contributed by atoms with Crippen molar-refractivity contribution in [2.75, 3.05) is 0 Å². The number of aliphatic hydroxyl groups excluding tert-OH is 3. The fraction of sp³-hybridized carbons (Fsp3) is 0.714. The van der Waals surface area contributed by atoms with E-state index >= 15 is 0 Å². The van der Waals surface area contributed by atoms with Crippen molar-refractivity contribution in [1.82, 2.24) is 0 Å². The first-order valence-electron chi connectivity index (χ1n) is 3.46. The van der Waals surface area contributed by atoms with E-state index in [0.717, 1.165) is 12.8 Å². The van der Waals surface area contributed by atoms with Gasteiger partial charge in [-0.25, -0.2) is 0 Å². The van der Waals surface area contributed by atoms with Gasteiger partial charge in [0, 0.05) is 5.41 Å². The molecule has 3 N–H and O–H groups in total. The van der Waals surface area contributed by atoms with Crippen LogP contribution in [0, 0.1) is 5.41 Å². The molecule has 2 aliphatic rings. The number of hydrogen-bond donors (Lipinski definition) is 3. The highest BCUT2D eigenvalue weighted by atomic mass is 16.3. The van der Waals surface area contributed by atoms with Gasteiger partial charge in [0.2, 0.25) is 0 Å². The van der Waals surface area contributed by atoms with E-state index in [1.807, 2.05) is 0 Å². The van der Waals surface area contributed by atoms with E-state index in [1.165, 1.54) is 0 Å². The Balaban J connectivity index is 2.34. The predicted molar refractivity (Wildman–Crippen MR) is 34.6 cm³/mol. The van der Waals surface area contributed by atoms with Crippen LogP contribution in [0.2, 0.25) is 0 Å². The molecule has 0 aromatic carbocycles. The van der Waals surface area contributed by atoms with Gasteiger partial charge in [0.15, 0.2) is 5.76 Å². The average molecular weight is 142 g/mol. The van der Waals surface area contributed by atoms with E-state index in [2.05, 4.69) is 0 Å². The first kappa shape index (κ1) is 6.04. The van der Waals surface area contributed by atoms with Gasteiger partial charge < -0.3 is 15.3 Å². The molecule has 1 atom stereocenters. The van der Waals surface area contributed by atoms with Crippen molar-refractivity contribution < 1.29 is 15.3 Å². The summed E-state index contributed by atoms with van der Waals surface area (Å²) in [5, 5.41) is 27.3. The van der Waals surface area contributed by atoms with Crippen molar-refractivity contribution in [3.63, 3.8) is 0 Å². The van der Waals surface area contributed by atoms with Gasteiger partial charge in [-0.3, -0.25) is 0 Å². The average Bonchev–Trinajstić information content (AvgIpc) is 2.62. The van der Waals surface area contributed by atoms with Gasteiger partial charge in [-0.05, 0) is 19.3 Å². The Hall–Kier alpha value is -0.700. The van der Waals surface area contributed by atoms with E-state index in [4.69, 9.17) is 10.2 Å². The fourth-order valence-electron chi connectivity index (χ4n) is 1.58. The number of rotatable bonds is 0. The number of hydrogen-bond acceptors (Lipinski definition) is 3. The Labute approximate surface area is 58.6 Å². The van der Waals surface area contributed by atoms with Gasteiger partial charge in [-0.2, -0.15) is 0 Å². The molecule has 10 heavy (non-hydrogen) atoms. The quantitative estimate of drug-likeness (QED) is 0.470. The summed E-state index contributed by atoms with van der Waals surface area (Å²) in [6.45, 7) is 0. The molecule has 0 aromatic rings. The minimum atomic E-state index is -0.817. The molecule has 1 saturated carbocycles. The molecule has 0 heterocycles. The Morgan fingerprint density at radius 1 is 1.30 bits per heavy atom. The minimum absolute atomic E-state index is 0.0278. The van der Waals surface area contributed by atoms with Crippen molar-refractivity contribution in [2.45, 2.75) is 25.4 Å². The minimum Gasteiger partial charge on any atom is -0.508 e. The molecule has 2 aliphatic carbocycles. The SMILES string of the molecule is OC1=C(O)C2(CC2)CC1O. The molecular weight excluding hydrogens is 132 g/mol. The number of allylic oxidation sites excluding steroid dienone is 1. The molecule has 0 bridgehead atoms. The maximum atomic E-state index is 9.23. The van der Waals surface area contributed by atoms with Crippen LogP contribution in [0.4, 0.5) is 0 Å². The van der Waals surface area contributed by atoms with E-state index in [-0.39, 0.29) is 16.9 Å². The van der Waals surface area contributed by atoms with Crippen LogP contribution in [-0.2, 0) is 0 Å². The highest BCUT2D eigenvalue weighted by Gasteiger charge is 2.54. The monoisotopic (exact) mass is 142 g/mol. The second-order valence-corrected chi connectivity index (χ2v) is 3.23. The van der Waals surface area contributed by atoms with Crippen molar-refractivity contribution in [2.24, 2.45) is 5.41 Å². The van der Waals surface area contributed by atoms with Gasteiger partial charge in [0.1, 0.15) is 11.9 Å². The first-order chi connectivity index (χ1) is 4.66. The van der Waals surface area contributed by atoms with Crippen LogP contribution in [-0.4, -0.2) is 21.4 Å². The molecule has 3 heteroatoms. The van der Waals surface area contributed by atoms with E-state index < -0.39 is 6.10 Å². The lowest BCUT2D eigenvalue weighted by molar-refractivity contribution is 0.149. The van der Waals surface area contributed by atoms with Crippen molar-refractivity contribution in [3.05, 3.63) is 11.5 Å². The lowest BCUT2D eigenvalue weighted by atomic mass is 10.1. The normalized spacial score (nSPS) is 35.5. The van der Waals surface area contributed by atoms with Gasteiger partial charge in [-0.1, -0.05) is 0 Å². The number of aliphatic hydroxyl groups is 3. The predicted octanol–water partition coefficient (Wildman–Crippen LogP) is 0.859. The van der Waals surface area contributed by atoms with Crippen LogP contribution in [0.25, 0.3) is 0 Å². The van der Waals surface area contributed by atoms with Crippen LogP contribution in [0.15, 0.2) is 11.5 Å². The zero-order valence-corrected chi connectivity index (χ0v) is 5.54. The summed E-state index contributed by atoms with van der Waals surface area (Å²) in [4.78, 5) is 0. The molecule has 0 aromatic heterocycles. The molecule has 1 unspecified atom stereocenters. The lowest BCUT2D eigenvalue weighted by Crippen LogP contribution is -2.05. The van der Waals surface area contributed by atoms with Crippen molar-refractivity contribution in [3.8, 4) is 0 Å². The van der Waals surface area contributed by atoms with Gasteiger partial charge in [-0.15, -0.1) is 0 Å². The van der Waals surface area contributed by atoms with Gasteiger partial charge in [0.25, 0.3) is 0 Å². The highest BCUT2D eigenvalue weighted by molar-refractivity contribution is 5.27. The summed E-state index contributed by atoms with van der Waals surface area (Å²) >= 11 is 0. The molecule has 1 fully saturated rings. The summed E-state index contributed by atoms with van der Waals surface area (Å²) in [7, 11) is 0. The van der Waals surface area contributed by atoms with E-state index in [9.17, 15) is 5.11 Å². The van der Waals surface area contributed by atoms with Crippen molar-refractivity contribution in [1.29, 1.82) is 0 Å². The third-order valence-electron chi connectivity index (χ3n) is 2.50. The fourth-order valence-corrected chi connectivity index (χ4v) is 1.58. The molecule has 1 spiro atoms. The molecule has 0 aliphatic heterocycles. The zero-order chi connectivity index (χ0) is 7.35. The van der Waals surface area contributed by atoms with E-state index in [1.54, 1.807) is 0 Å². The Morgan fingerprint density at radius 3 is 2.10 bits per heavy atom. The third-order valence-corrected chi connectivity index (χ3v) is 2.50. The molecule has 3 nitrogen and oxygen atoms in total. The Kier molecular flexibility index (Phi) is 0.892. The molecule has 0 saturated heterocycles. The van der Waals surface area contributed by atoms with Crippen LogP contribution in [0.1, 0.15) is 19.3 Å². The zero-order valence-electron chi connectivity index (χ0n) is 5.54. The second kappa shape index (κ2) is 1.48. The van der Waals surface area contributed by atoms with Crippen LogP contribution in [0.3, 0.4) is 0 Å². The molecule has 0 radical (unpaired) electrons. The topological polar surface area (TPSA) is 60.7 Å². The molecule has 56 valence electrons. The van der Waals surface area contributed by atoms with Crippen molar-refractivity contribution >= 4 is 0 Å². The molecular formula is C7H10O3. The first-order valence-corrected chi connectivity index (χ1v) is 3.46. The summed E-state index contributed by atoms with van der Waals surface area (Å²) < 4.78 is 0. The van der Waals surface area contributed by atoms with E-state index in [0.29, 0.717) is 6.42 Å². The maximum Gasteiger partial charge on any atom is 0.159 e. The maximum absolute atomic E-state index is 9.23. The van der Waals surface area contributed by atoms with Crippen LogP contribution >= 0.6 is 0 Å². The smallest absolute Gasteiger partial charge is 0.159 e. The lowest BCUT2D eigenvalue weighted by Gasteiger charge is -2.03. The largest absolute Gasteiger partial charge is 0.508 e. The summed E-state index contributed by atoms with van der Waals surface area (Å²) in [5.41, 5.74) is -0.219.